The van der Waals surface area contributed by atoms with Gasteiger partial charge in [0.25, 0.3) is 5.91 Å². The van der Waals surface area contributed by atoms with Crippen molar-refractivity contribution in [2.45, 2.75) is 26.3 Å². The number of aromatic amines is 1. The van der Waals surface area contributed by atoms with E-state index in [0.717, 1.165) is 0 Å². The maximum absolute atomic E-state index is 12.8. The molecule has 27 heavy (non-hydrogen) atoms. The van der Waals surface area contributed by atoms with E-state index >= 15 is 0 Å². The molecule has 1 unspecified atom stereocenters. The third-order valence-electron chi connectivity index (χ3n) is 4.23. The van der Waals surface area contributed by atoms with Crippen LogP contribution < -0.4 is 5.32 Å². The summed E-state index contributed by atoms with van der Waals surface area (Å²) < 4.78 is 9.48. The third kappa shape index (κ3) is 4.68. The van der Waals surface area contributed by atoms with E-state index in [1.807, 2.05) is 0 Å². The number of methoxy groups -OCH3 is 2. The summed E-state index contributed by atoms with van der Waals surface area (Å²) in [5.74, 6) is -1.44. The molecule has 0 aliphatic rings. The highest BCUT2D eigenvalue weighted by Crippen LogP contribution is 2.23. The molecule has 7 nitrogen and oxygen atoms in total. The van der Waals surface area contributed by atoms with Crippen molar-refractivity contribution in [3.05, 3.63) is 57.4 Å². The molecule has 1 atom stereocenters. The number of benzene rings is 1. The van der Waals surface area contributed by atoms with Crippen LogP contribution in [0.15, 0.2) is 24.3 Å². The normalized spacial score (nSPS) is 11.6. The molecular weight excluding hydrogens is 372 g/mol. The monoisotopic (exact) mass is 392 g/mol. The van der Waals surface area contributed by atoms with E-state index in [4.69, 9.17) is 21.1 Å². The Morgan fingerprint density at radius 2 is 1.74 bits per heavy atom. The third-order valence-corrected chi connectivity index (χ3v) is 4.48. The lowest BCUT2D eigenvalue weighted by Crippen LogP contribution is -2.31. The predicted octanol–water partition coefficient (Wildman–Crippen LogP) is 3.11. The number of halogens is 1. The topological polar surface area (TPSA) is 97.5 Å². The molecule has 2 aromatic rings. The van der Waals surface area contributed by atoms with Gasteiger partial charge in [0.05, 0.1) is 32.2 Å². The van der Waals surface area contributed by atoms with Gasteiger partial charge in [-0.1, -0.05) is 23.7 Å². The van der Waals surface area contributed by atoms with Crippen LogP contribution in [0.25, 0.3) is 0 Å². The number of carbonyl (C=O) groups is 3. The van der Waals surface area contributed by atoms with Gasteiger partial charge in [-0.3, -0.25) is 9.59 Å². The fraction of sp³-hybridized carbons (Fsp3) is 0.316. The highest BCUT2D eigenvalue weighted by Gasteiger charge is 2.25. The number of amides is 1. The predicted molar refractivity (Wildman–Crippen MR) is 99.9 cm³/mol. The second kappa shape index (κ2) is 8.73. The first kappa shape index (κ1) is 20.5. The molecule has 0 radical (unpaired) electrons. The van der Waals surface area contributed by atoms with Crippen molar-refractivity contribution < 1.29 is 23.9 Å². The number of esters is 2. The summed E-state index contributed by atoms with van der Waals surface area (Å²) >= 11 is 5.91. The molecule has 1 heterocycles. The van der Waals surface area contributed by atoms with Crippen LogP contribution in [0, 0.1) is 13.8 Å². The fourth-order valence-electron chi connectivity index (χ4n) is 2.81. The van der Waals surface area contributed by atoms with Crippen molar-refractivity contribution >= 4 is 29.4 Å². The SMILES string of the molecule is COC(=O)CC(NC(=O)c1[nH]c(C)c(C(=O)OC)c1C)c1ccc(Cl)cc1. The first-order valence-corrected chi connectivity index (χ1v) is 8.56. The lowest BCUT2D eigenvalue weighted by Gasteiger charge is -2.18. The molecule has 0 fully saturated rings. The Morgan fingerprint density at radius 1 is 1.11 bits per heavy atom. The van der Waals surface area contributed by atoms with Crippen LogP contribution in [0.1, 0.15) is 50.1 Å². The summed E-state index contributed by atoms with van der Waals surface area (Å²) in [6, 6.07) is 6.18. The van der Waals surface area contributed by atoms with Gasteiger partial charge in [-0.15, -0.1) is 0 Å². The number of carbonyl (C=O) groups excluding carboxylic acids is 3. The molecule has 0 bridgehead atoms. The highest BCUT2D eigenvalue weighted by molar-refractivity contribution is 6.30. The number of hydrogen-bond acceptors (Lipinski definition) is 5. The molecular formula is C19H21ClN2O5. The van der Waals surface area contributed by atoms with Gasteiger partial charge in [0.1, 0.15) is 5.69 Å². The summed E-state index contributed by atoms with van der Waals surface area (Å²) in [5.41, 5.74) is 2.26. The molecule has 0 aliphatic carbocycles. The van der Waals surface area contributed by atoms with Gasteiger partial charge in [0, 0.05) is 10.7 Å². The zero-order chi connectivity index (χ0) is 20.1. The minimum Gasteiger partial charge on any atom is -0.469 e. The minimum absolute atomic E-state index is 0.0491. The van der Waals surface area contributed by atoms with Gasteiger partial charge in [-0.2, -0.15) is 0 Å². The van der Waals surface area contributed by atoms with Gasteiger partial charge in [0.15, 0.2) is 0 Å². The summed E-state index contributed by atoms with van der Waals surface area (Å²) in [5, 5.41) is 3.35. The maximum Gasteiger partial charge on any atom is 0.339 e. The fourth-order valence-corrected chi connectivity index (χ4v) is 2.94. The number of aromatic nitrogens is 1. The molecule has 0 saturated heterocycles. The molecule has 0 aliphatic heterocycles. The average Bonchev–Trinajstić information content (AvgIpc) is 2.95. The Kier molecular flexibility index (Phi) is 6.63. The molecule has 1 aromatic carbocycles. The van der Waals surface area contributed by atoms with Crippen molar-refractivity contribution in [2.75, 3.05) is 14.2 Å². The Hall–Kier alpha value is -2.80. The van der Waals surface area contributed by atoms with E-state index in [9.17, 15) is 14.4 Å². The minimum atomic E-state index is -0.619. The first-order chi connectivity index (χ1) is 12.8. The van der Waals surface area contributed by atoms with E-state index in [0.29, 0.717) is 27.4 Å². The molecule has 8 heteroatoms. The molecule has 2 rings (SSSR count). The van der Waals surface area contributed by atoms with Crippen LogP contribution >= 0.6 is 11.6 Å². The summed E-state index contributed by atoms with van der Waals surface area (Å²) in [7, 11) is 2.56. The number of aryl methyl sites for hydroxylation is 1. The Labute approximate surface area is 162 Å². The lowest BCUT2D eigenvalue weighted by atomic mass is 10.0. The van der Waals surface area contributed by atoms with Crippen molar-refractivity contribution in [2.24, 2.45) is 0 Å². The zero-order valence-corrected chi connectivity index (χ0v) is 16.3. The number of nitrogens with one attached hydrogen (secondary N) is 2. The zero-order valence-electron chi connectivity index (χ0n) is 15.5. The van der Waals surface area contributed by atoms with Crippen molar-refractivity contribution in [1.29, 1.82) is 0 Å². The molecule has 2 N–H and O–H groups in total. The molecule has 0 spiro atoms. The van der Waals surface area contributed by atoms with Gasteiger partial charge in [-0.05, 0) is 37.1 Å². The number of hydrogen-bond donors (Lipinski definition) is 2. The Balaban J connectivity index is 2.32. The van der Waals surface area contributed by atoms with Crippen molar-refractivity contribution in [3.63, 3.8) is 0 Å². The lowest BCUT2D eigenvalue weighted by molar-refractivity contribution is -0.141. The van der Waals surface area contributed by atoms with E-state index in [1.165, 1.54) is 14.2 Å². The van der Waals surface area contributed by atoms with E-state index in [2.05, 4.69) is 10.3 Å². The second-order valence-electron chi connectivity index (χ2n) is 5.97. The molecule has 144 valence electrons. The largest absolute Gasteiger partial charge is 0.469 e. The molecule has 0 saturated carbocycles. The molecule has 1 aromatic heterocycles. The van der Waals surface area contributed by atoms with Gasteiger partial charge >= 0.3 is 11.9 Å². The second-order valence-corrected chi connectivity index (χ2v) is 6.41. The van der Waals surface area contributed by atoms with Crippen molar-refractivity contribution in [3.8, 4) is 0 Å². The van der Waals surface area contributed by atoms with Crippen LogP contribution in [-0.2, 0) is 14.3 Å². The first-order valence-electron chi connectivity index (χ1n) is 8.19. The standard InChI is InChI=1S/C19H21ClN2O5/c1-10-16(19(25)27-4)11(2)21-17(10)18(24)22-14(9-15(23)26-3)12-5-7-13(20)8-6-12/h5-8,14,21H,9H2,1-4H3,(H,22,24). The Morgan fingerprint density at radius 3 is 2.30 bits per heavy atom. The van der Waals surface area contributed by atoms with Crippen LogP contribution in [-0.4, -0.2) is 37.0 Å². The van der Waals surface area contributed by atoms with Gasteiger partial charge in [-0.25, -0.2) is 4.79 Å². The number of rotatable bonds is 6. The van der Waals surface area contributed by atoms with E-state index < -0.39 is 23.9 Å². The summed E-state index contributed by atoms with van der Waals surface area (Å²) in [4.78, 5) is 39.4. The van der Waals surface area contributed by atoms with E-state index in [-0.39, 0.29) is 12.1 Å². The van der Waals surface area contributed by atoms with Crippen LogP contribution in [0.2, 0.25) is 5.02 Å². The molecule has 1 amide bonds. The smallest absolute Gasteiger partial charge is 0.339 e. The maximum atomic E-state index is 12.8. The van der Waals surface area contributed by atoms with Crippen molar-refractivity contribution in [1.82, 2.24) is 10.3 Å². The quantitative estimate of drug-likeness (QED) is 0.736. The highest BCUT2D eigenvalue weighted by atomic mass is 35.5. The van der Waals surface area contributed by atoms with Crippen LogP contribution in [0.3, 0.4) is 0 Å². The van der Waals surface area contributed by atoms with Gasteiger partial charge < -0.3 is 19.8 Å². The number of ether oxygens (including phenoxy) is 2. The summed E-state index contributed by atoms with van der Waals surface area (Å²) in [6.07, 6.45) is -0.0491. The average molecular weight is 393 g/mol. The van der Waals surface area contributed by atoms with Gasteiger partial charge in [0.2, 0.25) is 0 Å². The summed E-state index contributed by atoms with van der Waals surface area (Å²) in [6.45, 7) is 3.34. The van der Waals surface area contributed by atoms with Crippen LogP contribution in [0.5, 0.6) is 0 Å². The Bertz CT molecular complexity index is 858. The van der Waals surface area contributed by atoms with E-state index in [1.54, 1.807) is 38.1 Å². The number of H-pyrrole nitrogens is 1. The van der Waals surface area contributed by atoms with Crippen LogP contribution in [0.4, 0.5) is 0 Å².